The Morgan fingerprint density at radius 2 is 1.83 bits per heavy atom. The maximum Gasteiger partial charge on any atom is 0.433 e. The third-order valence-electron chi connectivity index (χ3n) is 4.91. The van der Waals surface area contributed by atoms with E-state index in [0.29, 0.717) is 17.1 Å². The highest BCUT2D eigenvalue weighted by molar-refractivity contribution is 6.25. The average Bonchev–Trinajstić information content (AvgIpc) is 2.72. The highest BCUT2D eigenvalue weighted by Crippen LogP contribution is 2.34. The van der Waals surface area contributed by atoms with E-state index >= 15 is 0 Å². The lowest BCUT2D eigenvalue weighted by molar-refractivity contribution is -0.141. The van der Waals surface area contributed by atoms with Crippen LogP contribution in [-0.2, 0) is 6.18 Å². The smallest absolute Gasteiger partial charge is 0.433 e. The van der Waals surface area contributed by atoms with E-state index in [-0.39, 0.29) is 16.8 Å². The number of anilines is 1. The fourth-order valence-electron chi connectivity index (χ4n) is 3.32. The number of alkyl halides is 3. The van der Waals surface area contributed by atoms with Crippen molar-refractivity contribution in [2.45, 2.75) is 26.9 Å². The largest absolute Gasteiger partial charge is 0.495 e. The molecule has 5 nitrogen and oxygen atoms in total. The molecule has 158 valence electrons. The molecular weight excluding hydrogens is 395 g/mol. The number of fused-ring (bicyclic) bond motifs is 1. The molecule has 1 aromatic carbocycles. The molecule has 0 bridgehead atoms. The van der Waals surface area contributed by atoms with E-state index in [0.717, 1.165) is 24.8 Å². The second kappa shape index (κ2) is 8.30. The monoisotopic (exact) mass is 417 g/mol. The van der Waals surface area contributed by atoms with Gasteiger partial charge in [-0.1, -0.05) is 0 Å². The summed E-state index contributed by atoms with van der Waals surface area (Å²) in [5.41, 5.74) is 1.06. The first-order chi connectivity index (χ1) is 14.2. The summed E-state index contributed by atoms with van der Waals surface area (Å²) in [6, 6.07) is 7.56. The number of Topliss-reactive ketones (excluding diaryl/α,β-unsaturated/α-hetero) is 1. The summed E-state index contributed by atoms with van der Waals surface area (Å²) < 4.78 is 44.6. The van der Waals surface area contributed by atoms with Gasteiger partial charge < -0.3 is 9.64 Å². The molecule has 0 radical (unpaired) electrons. The molecule has 0 amide bonds. The quantitative estimate of drug-likeness (QED) is 0.670. The molecule has 0 fully saturated rings. The van der Waals surface area contributed by atoms with E-state index in [1.165, 1.54) is 13.0 Å². The maximum absolute atomic E-state index is 13.0. The first-order valence-corrected chi connectivity index (χ1v) is 9.52. The van der Waals surface area contributed by atoms with Gasteiger partial charge in [-0.15, -0.1) is 0 Å². The van der Waals surface area contributed by atoms with Crippen molar-refractivity contribution in [2.75, 3.05) is 25.1 Å². The van der Waals surface area contributed by atoms with Crippen LogP contribution in [0, 0.1) is 0 Å². The molecule has 0 unspecified atom stereocenters. The summed E-state index contributed by atoms with van der Waals surface area (Å²) in [4.78, 5) is 22.7. The van der Waals surface area contributed by atoms with Crippen LogP contribution < -0.4 is 9.64 Å². The van der Waals surface area contributed by atoms with Gasteiger partial charge in [0.25, 0.3) is 0 Å². The second-order valence-electron chi connectivity index (χ2n) is 6.77. The first kappa shape index (κ1) is 21.5. The van der Waals surface area contributed by atoms with Crippen molar-refractivity contribution >= 4 is 22.9 Å². The lowest BCUT2D eigenvalue weighted by Gasteiger charge is -2.23. The molecular formula is C22H22F3N3O2. The highest BCUT2D eigenvalue weighted by atomic mass is 19.4. The molecule has 0 saturated carbocycles. The molecule has 2 aromatic rings. The third-order valence-corrected chi connectivity index (χ3v) is 4.91. The van der Waals surface area contributed by atoms with Gasteiger partial charge >= 0.3 is 6.18 Å². The molecule has 0 saturated heterocycles. The second-order valence-corrected chi connectivity index (χ2v) is 6.77. The normalized spacial score (nSPS) is 15.1. The van der Waals surface area contributed by atoms with Crippen LogP contribution in [0.1, 0.15) is 42.5 Å². The number of halogens is 3. The molecule has 0 aliphatic heterocycles. The Morgan fingerprint density at radius 1 is 1.13 bits per heavy atom. The fraction of sp³-hybridized carbons (Fsp3) is 0.318. The number of ether oxygens (including phenoxy) is 1. The van der Waals surface area contributed by atoms with E-state index in [1.54, 1.807) is 25.3 Å². The summed E-state index contributed by atoms with van der Waals surface area (Å²) in [7, 11) is 1.57. The van der Waals surface area contributed by atoms with Gasteiger partial charge in [0, 0.05) is 30.3 Å². The number of benzene rings is 1. The minimum absolute atomic E-state index is 0.240. The van der Waals surface area contributed by atoms with Gasteiger partial charge in [0.2, 0.25) is 5.78 Å². The van der Waals surface area contributed by atoms with Gasteiger partial charge in [0.1, 0.15) is 17.1 Å². The van der Waals surface area contributed by atoms with E-state index in [4.69, 9.17) is 4.74 Å². The van der Waals surface area contributed by atoms with Crippen LogP contribution in [-0.4, -0.2) is 36.7 Å². The topological polar surface area (TPSA) is 54.8 Å². The molecule has 3 rings (SSSR count). The Kier molecular flexibility index (Phi) is 5.96. The van der Waals surface area contributed by atoms with E-state index in [2.05, 4.69) is 14.9 Å². The zero-order chi connectivity index (χ0) is 22.1. The number of methoxy groups -OCH3 is 1. The number of rotatable bonds is 5. The van der Waals surface area contributed by atoms with Crippen molar-refractivity contribution in [1.29, 1.82) is 0 Å². The molecule has 30 heavy (non-hydrogen) atoms. The number of carbonyl (C=O) groups is 1. The summed E-state index contributed by atoms with van der Waals surface area (Å²) in [5, 5.41) is 0. The van der Waals surface area contributed by atoms with Crippen LogP contribution in [0.5, 0.6) is 5.75 Å². The maximum atomic E-state index is 13.0. The number of nitrogens with zero attached hydrogens (tertiary/aromatic N) is 3. The van der Waals surface area contributed by atoms with Crippen LogP contribution in [0.25, 0.3) is 0 Å². The summed E-state index contributed by atoms with van der Waals surface area (Å²) >= 11 is 0. The molecule has 1 heterocycles. The molecule has 1 aromatic heterocycles. The van der Waals surface area contributed by atoms with Crippen molar-refractivity contribution in [3.63, 3.8) is 0 Å². The predicted octanol–water partition coefficient (Wildman–Crippen LogP) is 5.22. The average molecular weight is 417 g/mol. The van der Waals surface area contributed by atoms with Crippen molar-refractivity contribution in [3.05, 3.63) is 58.9 Å². The van der Waals surface area contributed by atoms with Crippen LogP contribution >= 0.6 is 0 Å². The Balaban J connectivity index is 2.09. The first-order valence-electron chi connectivity index (χ1n) is 9.52. The third kappa shape index (κ3) is 4.08. The zero-order valence-electron chi connectivity index (χ0n) is 17.2. The van der Waals surface area contributed by atoms with E-state index in [9.17, 15) is 18.0 Å². The van der Waals surface area contributed by atoms with Crippen molar-refractivity contribution in [2.24, 2.45) is 4.99 Å². The van der Waals surface area contributed by atoms with E-state index in [1.807, 2.05) is 19.9 Å². The Bertz CT molecular complexity index is 1040. The zero-order valence-corrected chi connectivity index (χ0v) is 17.2. The summed E-state index contributed by atoms with van der Waals surface area (Å²) in [5.74, 6) is 0.100. The number of aliphatic imine (C=N–C) groups is 1. The van der Waals surface area contributed by atoms with E-state index < -0.39 is 17.7 Å². The van der Waals surface area contributed by atoms with Gasteiger partial charge in [-0.05, 0) is 51.1 Å². The van der Waals surface area contributed by atoms with Crippen molar-refractivity contribution in [3.8, 4) is 5.75 Å². The lowest BCUT2D eigenvalue weighted by Crippen LogP contribution is -2.22. The number of aromatic nitrogens is 1. The lowest BCUT2D eigenvalue weighted by atomic mass is 9.93. The summed E-state index contributed by atoms with van der Waals surface area (Å²) in [6.45, 7) is 7.25. The SMILES string of the molecule is CCN(CC)c1ccc(N=C2C=C(C)C(=O)c3nc(C(F)(F)F)ccc32)cc1OC. The number of ketones is 1. The number of allylic oxidation sites excluding steroid dienone is 2. The Hall–Kier alpha value is -3.16. The molecule has 0 spiro atoms. The van der Waals surface area contributed by atoms with Crippen LogP contribution in [0.15, 0.2) is 47.0 Å². The molecule has 1 aliphatic rings. The number of hydrogen-bond donors (Lipinski definition) is 0. The Labute approximate surface area is 172 Å². The van der Waals surface area contributed by atoms with Gasteiger partial charge in [0.15, 0.2) is 0 Å². The molecule has 1 aliphatic carbocycles. The number of carbonyl (C=O) groups excluding carboxylic acids is 1. The van der Waals surface area contributed by atoms with Crippen LogP contribution in [0.2, 0.25) is 0 Å². The standard InChI is InChI=1S/C22H22F3N3O2/c1-5-28(6-2)17-9-7-14(12-18(17)30-4)26-16-11-13(3)21(29)20-15(16)8-10-19(27-20)22(23,24)25/h7-12H,5-6H2,1-4H3. The molecule has 8 heteroatoms. The predicted molar refractivity (Wildman–Crippen MR) is 110 cm³/mol. The van der Waals surface area contributed by atoms with Crippen molar-refractivity contribution in [1.82, 2.24) is 4.98 Å². The van der Waals surface area contributed by atoms with Gasteiger partial charge in [-0.25, -0.2) is 9.98 Å². The van der Waals surface area contributed by atoms with Gasteiger partial charge in [0.05, 0.1) is 24.2 Å². The van der Waals surface area contributed by atoms with Crippen molar-refractivity contribution < 1.29 is 22.7 Å². The minimum Gasteiger partial charge on any atom is -0.495 e. The molecule has 0 atom stereocenters. The highest BCUT2D eigenvalue weighted by Gasteiger charge is 2.35. The minimum atomic E-state index is -4.63. The molecule has 0 N–H and O–H groups in total. The summed E-state index contributed by atoms with van der Waals surface area (Å²) in [6.07, 6.45) is -3.07. The fourth-order valence-corrected chi connectivity index (χ4v) is 3.32. The van der Waals surface area contributed by atoms with Gasteiger partial charge in [-0.3, -0.25) is 4.79 Å². The Morgan fingerprint density at radius 3 is 2.43 bits per heavy atom. The van der Waals surface area contributed by atoms with Gasteiger partial charge in [-0.2, -0.15) is 13.2 Å². The van der Waals surface area contributed by atoms with Crippen LogP contribution in [0.3, 0.4) is 0 Å². The van der Waals surface area contributed by atoms with Crippen LogP contribution in [0.4, 0.5) is 24.5 Å². The number of pyridine rings is 1. The number of hydrogen-bond acceptors (Lipinski definition) is 5.